The lowest BCUT2D eigenvalue weighted by molar-refractivity contribution is 0.115. The lowest BCUT2D eigenvalue weighted by Crippen LogP contribution is -2.22. The zero-order valence-electron chi connectivity index (χ0n) is 10.1. The Hall–Kier alpha value is -1.25. The van der Waals surface area contributed by atoms with E-state index in [2.05, 4.69) is 30.3 Å². The summed E-state index contributed by atoms with van der Waals surface area (Å²) >= 11 is 1.86. The van der Waals surface area contributed by atoms with Crippen LogP contribution in [0.5, 0.6) is 0 Å². The molecule has 3 rings (SSSR count). The van der Waals surface area contributed by atoms with Gasteiger partial charge in [-0.25, -0.2) is 0 Å². The Bertz CT molecular complexity index is 524. The van der Waals surface area contributed by atoms with Crippen LogP contribution >= 0.6 is 11.8 Å². The molecule has 1 aliphatic rings. The van der Waals surface area contributed by atoms with Crippen LogP contribution in [0.15, 0.2) is 59.5 Å². The Morgan fingerprint density at radius 1 is 1.00 bits per heavy atom. The summed E-state index contributed by atoms with van der Waals surface area (Å²) in [6, 6.07) is 18.6. The standard InChI is InChI=1S/C16H16OS/c17-16-13(10-12-6-2-1-3-7-12)11-18-15-9-5-4-8-14(15)16/h1-9,13,16-17H,10-11H2/t13-,16+/m1/s1. The molecular formula is C16H16OS. The first-order valence-corrected chi connectivity index (χ1v) is 7.27. The van der Waals surface area contributed by atoms with Gasteiger partial charge in [0.25, 0.3) is 0 Å². The molecular weight excluding hydrogens is 240 g/mol. The highest BCUT2D eigenvalue weighted by Crippen LogP contribution is 2.40. The molecule has 0 aromatic heterocycles. The summed E-state index contributed by atoms with van der Waals surface area (Å²) in [5.74, 6) is 1.31. The molecule has 1 heterocycles. The second-order valence-electron chi connectivity index (χ2n) is 4.74. The lowest BCUT2D eigenvalue weighted by Gasteiger charge is -2.29. The fraction of sp³-hybridized carbons (Fsp3) is 0.250. The average Bonchev–Trinajstić information content (AvgIpc) is 2.43. The second kappa shape index (κ2) is 5.17. The maximum Gasteiger partial charge on any atom is 0.0840 e. The van der Waals surface area contributed by atoms with E-state index in [0.717, 1.165) is 17.7 Å². The topological polar surface area (TPSA) is 20.2 Å². The Kier molecular flexibility index (Phi) is 3.39. The SMILES string of the molecule is O[C@@H]1c2ccccc2SC[C@H]1Cc1ccccc1. The Morgan fingerprint density at radius 2 is 1.72 bits per heavy atom. The van der Waals surface area contributed by atoms with Crippen LogP contribution in [0.25, 0.3) is 0 Å². The van der Waals surface area contributed by atoms with Gasteiger partial charge in [0.2, 0.25) is 0 Å². The van der Waals surface area contributed by atoms with Gasteiger partial charge >= 0.3 is 0 Å². The molecule has 92 valence electrons. The predicted octanol–water partition coefficient (Wildman–Crippen LogP) is 3.68. The molecule has 0 amide bonds. The Balaban J connectivity index is 1.81. The quantitative estimate of drug-likeness (QED) is 0.884. The van der Waals surface area contributed by atoms with E-state index in [1.54, 1.807) is 0 Å². The van der Waals surface area contributed by atoms with E-state index in [1.807, 2.05) is 36.0 Å². The Labute approximate surface area is 112 Å². The molecule has 1 nitrogen and oxygen atoms in total. The summed E-state index contributed by atoms with van der Waals surface area (Å²) in [7, 11) is 0. The van der Waals surface area contributed by atoms with E-state index in [9.17, 15) is 5.11 Å². The molecule has 0 saturated carbocycles. The van der Waals surface area contributed by atoms with Crippen LogP contribution < -0.4 is 0 Å². The normalized spacial score (nSPS) is 22.5. The molecule has 0 saturated heterocycles. The van der Waals surface area contributed by atoms with Crippen LogP contribution in [0.2, 0.25) is 0 Å². The molecule has 0 spiro atoms. The number of aliphatic hydroxyl groups is 1. The van der Waals surface area contributed by atoms with Gasteiger partial charge in [0.1, 0.15) is 0 Å². The molecule has 1 aliphatic heterocycles. The monoisotopic (exact) mass is 256 g/mol. The van der Waals surface area contributed by atoms with Gasteiger partial charge in [-0.05, 0) is 23.6 Å². The van der Waals surface area contributed by atoms with Gasteiger partial charge in [-0.2, -0.15) is 0 Å². The number of thioether (sulfide) groups is 1. The molecule has 0 unspecified atom stereocenters. The van der Waals surface area contributed by atoms with Gasteiger partial charge in [0, 0.05) is 16.6 Å². The molecule has 1 N–H and O–H groups in total. The highest BCUT2D eigenvalue weighted by atomic mass is 32.2. The molecule has 0 aliphatic carbocycles. The minimum Gasteiger partial charge on any atom is -0.388 e. The van der Waals surface area contributed by atoms with Crippen molar-refractivity contribution in [2.75, 3.05) is 5.75 Å². The number of fused-ring (bicyclic) bond motifs is 1. The Morgan fingerprint density at radius 3 is 2.56 bits per heavy atom. The first-order chi connectivity index (χ1) is 8.84. The number of aliphatic hydroxyl groups excluding tert-OH is 1. The number of hydrogen-bond donors (Lipinski definition) is 1. The smallest absolute Gasteiger partial charge is 0.0840 e. The first kappa shape index (κ1) is 11.8. The van der Waals surface area contributed by atoms with E-state index in [4.69, 9.17) is 0 Å². The van der Waals surface area contributed by atoms with E-state index in [0.29, 0.717) is 5.92 Å². The molecule has 0 fully saturated rings. The molecule has 0 bridgehead atoms. The fourth-order valence-corrected chi connectivity index (χ4v) is 3.71. The van der Waals surface area contributed by atoms with Crippen molar-refractivity contribution in [3.63, 3.8) is 0 Å². The van der Waals surface area contributed by atoms with Crippen molar-refractivity contribution in [2.45, 2.75) is 17.4 Å². The third-order valence-electron chi connectivity index (χ3n) is 3.48. The van der Waals surface area contributed by atoms with Gasteiger partial charge in [-0.15, -0.1) is 11.8 Å². The summed E-state index contributed by atoms with van der Waals surface area (Å²) in [4.78, 5) is 1.23. The van der Waals surface area contributed by atoms with Crippen LogP contribution in [0.1, 0.15) is 17.2 Å². The van der Waals surface area contributed by atoms with E-state index in [-0.39, 0.29) is 6.10 Å². The number of benzene rings is 2. The summed E-state index contributed by atoms with van der Waals surface area (Å²) in [6.07, 6.45) is 0.617. The van der Waals surface area contributed by atoms with Crippen molar-refractivity contribution in [2.24, 2.45) is 5.92 Å². The van der Waals surface area contributed by atoms with Gasteiger partial charge < -0.3 is 5.11 Å². The summed E-state index contributed by atoms with van der Waals surface area (Å²) in [6.45, 7) is 0. The van der Waals surface area contributed by atoms with Crippen LogP contribution in [-0.4, -0.2) is 10.9 Å². The molecule has 2 aromatic carbocycles. The van der Waals surface area contributed by atoms with E-state index >= 15 is 0 Å². The molecule has 2 atom stereocenters. The van der Waals surface area contributed by atoms with Gasteiger partial charge in [-0.3, -0.25) is 0 Å². The van der Waals surface area contributed by atoms with Crippen molar-refractivity contribution < 1.29 is 5.11 Å². The fourth-order valence-electron chi connectivity index (χ4n) is 2.49. The zero-order valence-corrected chi connectivity index (χ0v) is 10.9. The van der Waals surface area contributed by atoms with Crippen LogP contribution in [0, 0.1) is 5.92 Å². The molecule has 2 aromatic rings. The number of rotatable bonds is 2. The maximum absolute atomic E-state index is 10.5. The minimum absolute atomic E-state index is 0.312. The van der Waals surface area contributed by atoms with Gasteiger partial charge in [-0.1, -0.05) is 48.5 Å². The van der Waals surface area contributed by atoms with Gasteiger partial charge in [0.05, 0.1) is 6.10 Å². The third-order valence-corrected chi connectivity index (χ3v) is 4.76. The zero-order chi connectivity index (χ0) is 12.4. The molecule has 2 heteroatoms. The van der Waals surface area contributed by atoms with Crippen molar-refractivity contribution in [1.82, 2.24) is 0 Å². The average molecular weight is 256 g/mol. The summed E-state index contributed by atoms with van der Waals surface area (Å²) in [5, 5.41) is 10.5. The van der Waals surface area contributed by atoms with E-state index in [1.165, 1.54) is 10.5 Å². The molecule has 0 radical (unpaired) electrons. The van der Waals surface area contributed by atoms with Crippen LogP contribution in [0.4, 0.5) is 0 Å². The van der Waals surface area contributed by atoms with Crippen molar-refractivity contribution in [3.05, 3.63) is 65.7 Å². The predicted molar refractivity (Wildman–Crippen MR) is 75.8 cm³/mol. The first-order valence-electron chi connectivity index (χ1n) is 6.28. The van der Waals surface area contributed by atoms with Crippen molar-refractivity contribution in [3.8, 4) is 0 Å². The minimum atomic E-state index is -0.331. The highest BCUT2D eigenvalue weighted by Gasteiger charge is 2.28. The largest absolute Gasteiger partial charge is 0.388 e. The third kappa shape index (κ3) is 2.31. The van der Waals surface area contributed by atoms with Crippen LogP contribution in [-0.2, 0) is 6.42 Å². The lowest BCUT2D eigenvalue weighted by atomic mass is 9.91. The second-order valence-corrected chi connectivity index (χ2v) is 5.81. The molecule has 18 heavy (non-hydrogen) atoms. The van der Waals surface area contributed by atoms with E-state index < -0.39 is 0 Å². The van der Waals surface area contributed by atoms with Crippen molar-refractivity contribution >= 4 is 11.8 Å². The maximum atomic E-state index is 10.5. The van der Waals surface area contributed by atoms with Crippen molar-refractivity contribution in [1.29, 1.82) is 0 Å². The number of hydrogen-bond acceptors (Lipinski definition) is 2. The summed E-state index contributed by atoms with van der Waals surface area (Å²) < 4.78 is 0. The summed E-state index contributed by atoms with van der Waals surface area (Å²) in [5.41, 5.74) is 2.40. The van der Waals surface area contributed by atoms with Gasteiger partial charge in [0.15, 0.2) is 0 Å². The highest BCUT2D eigenvalue weighted by molar-refractivity contribution is 7.99. The van der Waals surface area contributed by atoms with Crippen LogP contribution in [0.3, 0.4) is 0 Å².